The van der Waals surface area contributed by atoms with Gasteiger partial charge in [-0.15, -0.1) is 0 Å². The molecule has 162 valence electrons. The Morgan fingerprint density at radius 3 is 2.20 bits per heavy atom. The summed E-state index contributed by atoms with van der Waals surface area (Å²) in [5, 5.41) is 9.05. The van der Waals surface area contributed by atoms with Crippen molar-refractivity contribution in [2.45, 2.75) is 25.6 Å². The molecule has 13 heteroatoms. The number of carboxylic acid groups (broad SMARTS) is 1. The molecule has 0 saturated heterocycles. The summed E-state index contributed by atoms with van der Waals surface area (Å²) < 4.78 is 58.2. The SMILES string of the molecule is Cn1c(C(F)(F)F)cc(=O)n(-c2cc(C(=O)OC(C)(C)C(=O)O)c(Br)cc2F)c1=O. The second-order valence-corrected chi connectivity index (χ2v) is 7.39. The Morgan fingerprint density at radius 1 is 1.13 bits per heavy atom. The van der Waals surface area contributed by atoms with Crippen molar-refractivity contribution >= 4 is 27.9 Å². The van der Waals surface area contributed by atoms with Crippen LogP contribution in [0.25, 0.3) is 5.69 Å². The Kier molecular flexibility index (Phi) is 5.99. The highest BCUT2D eigenvalue weighted by molar-refractivity contribution is 9.10. The number of hydrogen-bond acceptors (Lipinski definition) is 5. The molecule has 0 aliphatic rings. The highest BCUT2D eigenvalue weighted by Crippen LogP contribution is 2.28. The Labute approximate surface area is 173 Å². The molecule has 0 saturated carbocycles. The van der Waals surface area contributed by atoms with Crippen molar-refractivity contribution < 1.29 is 37.0 Å². The highest BCUT2D eigenvalue weighted by Gasteiger charge is 2.36. The van der Waals surface area contributed by atoms with Gasteiger partial charge in [0.2, 0.25) is 5.60 Å². The van der Waals surface area contributed by atoms with E-state index in [2.05, 4.69) is 15.9 Å². The van der Waals surface area contributed by atoms with E-state index in [0.717, 1.165) is 20.9 Å². The maximum absolute atomic E-state index is 14.5. The van der Waals surface area contributed by atoms with Crippen LogP contribution in [-0.2, 0) is 22.8 Å². The summed E-state index contributed by atoms with van der Waals surface area (Å²) in [4.78, 5) is 48.0. The van der Waals surface area contributed by atoms with Crippen LogP contribution in [0.5, 0.6) is 0 Å². The van der Waals surface area contributed by atoms with Crippen molar-refractivity contribution in [3.8, 4) is 5.69 Å². The van der Waals surface area contributed by atoms with E-state index in [0.29, 0.717) is 12.1 Å². The molecular weight excluding hydrogens is 484 g/mol. The number of nitrogens with zero attached hydrogens (tertiary/aromatic N) is 2. The lowest BCUT2D eigenvalue weighted by atomic mass is 10.1. The lowest BCUT2D eigenvalue weighted by Crippen LogP contribution is -2.41. The van der Waals surface area contributed by atoms with Crippen LogP contribution in [0.1, 0.15) is 29.9 Å². The van der Waals surface area contributed by atoms with Crippen LogP contribution in [-0.4, -0.2) is 31.8 Å². The van der Waals surface area contributed by atoms with Crippen LogP contribution in [0.15, 0.2) is 32.3 Å². The van der Waals surface area contributed by atoms with Crippen LogP contribution in [0, 0.1) is 5.82 Å². The van der Waals surface area contributed by atoms with Crippen molar-refractivity contribution in [1.82, 2.24) is 9.13 Å². The van der Waals surface area contributed by atoms with E-state index in [1.54, 1.807) is 0 Å². The van der Waals surface area contributed by atoms with Gasteiger partial charge in [-0.2, -0.15) is 13.2 Å². The zero-order valence-electron chi connectivity index (χ0n) is 15.5. The molecule has 30 heavy (non-hydrogen) atoms. The number of carboxylic acids is 1. The summed E-state index contributed by atoms with van der Waals surface area (Å²) >= 11 is 2.88. The number of aliphatic carboxylic acids is 1. The van der Waals surface area contributed by atoms with E-state index in [4.69, 9.17) is 9.84 Å². The Morgan fingerprint density at radius 2 is 1.70 bits per heavy atom. The third kappa shape index (κ3) is 4.30. The Hall–Kier alpha value is -2.96. The second kappa shape index (κ2) is 7.70. The van der Waals surface area contributed by atoms with Gasteiger partial charge in [0, 0.05) is 17.6 Å². The number of ether oxygens (including phenoxy) is 1. The highest BCUT2D eigenvalue weighted by atomic mass is 79.9. The molecule has 0 atom stereocenters. The van der Waals surface area contributed by atoms with Crippen molar-refractivity contribution in [3.63, 3.8) is 0 Å². The Bertz CT molecular complexity index is 1170. The number of benzene rings is 1. The van der Waals surface area contributed by atoms with E-state index >= 15 is 0 Å². The molecule has 1 N–H and O–H groups in total. The summed E-state index contributed by atoms with van der Waals surface area (Å²) in [6.07, 6.45) is -5.01. The predicted octanol–water partition coefficient (Wildman–Crippen LogP) is 2.48. The molecule has 2 aromatic rings. The van der Waals surface area contributed by atoms with Crippen LogP contribution >= 0.6 is 15.9 Å². The molecule has 0 radical (unpaired) electrons. The van der Waals surface area contributed by atoms with Gasteiger partial charge in [0.15, 0.2) is 0 Å². The molecule has 0 bridgehead atoms. The smallest absolute Gasteiger partial charge is 0.431 e. The summed E-state index contributed by atoms with van der Waals surface area (Å²) in [5.41, 5.74) is -7.80. The van der Waals surface area contributed by atoms with Gasteiger partial charge in [0.05, 0.1) is 11.3 Å². The minimum atomic E-state index is -5.01. The molecule has 0 fully saturated rings. The zero-order chi connectivity index (χ0) is 23.2. The second-order valence-electron chi connectivity index (χ2n) is 6.53. The molecule has 0 amide bonds. The minimum absolute atomic E-state index is 0.106. The lowest BCUT2D eigenvalue weighted by molar-refractivity contribution is -0.155. The van der Waals surface area contributed by atoms with Gasteiger partial charge in [-0.1, -0.05) is 0 Å². The minimum Gasteiger partial charge on any atom is -0.478 e. The van der Waals surface area contributed by atoms with Gasteiger partial charge in [-0.25, -0.2) is 23.3 Å². The van der Waals surface area contributed by atoms with E-state index < -0.39 is 57.7 Å². The molecule has 1 aromatic heterocycles. The fourth-order valence-corrected chi connectivity index (χ4v) is 2.79. The van der Waals surface area contributed by atoms with Crippen molar-refractivity contribution in [1.29, 1.82) is 0 Å². The molecule has 1 aromatic carbocycles. The summed E-state index contributed by atoms with van der Waals surface area (Å²) in [5.74, 6) is -3.94. The first kappa shape index (κ1) is 23.3. The van der Waals surface area contributed by atoms with E-state index in [1.807, 2.05) is 0 Å². The molecule has 0 aliphatic carbocycles. The van der Waals surface area contributed by atoms with Crippen LogP contribution < -0.4 is 11.2 Å². The summed E-state index contributed by atoms with van der Waals surface area (Å²) in [7, 11) is 0.739. The fraction of sp³-hybridized carbons (Fsp3) is 0.294. The van der Waals surface area contributed by atoms with Crippen LogP contribution in [0.4, 0.5) is 17.6 Å². The molecule has 8 nitrogen and oxygen atoms in total. The maximum atomic E-state index is 14.5. The van der Waals surface area contributed by atoms with Crippen molar-refractivity contribution in [2.24, 2.45) is 7.05 Å². The zero-order valence-corrected chi connectivity index (χ0v) is 17.1. The molecule has 0 aliphatic heterocycles. The number of alkyl halides is 3. The van der Waals surface area contributed by atoms with Gasteiger partial charge >= 0.3 is 23.8 Å². The third-order valence-corrected chi connectivity index (χ3v) is 4.63. The number of hydrogen-bond donors (Lipinski definition) is 1. The number of aromatic nitrogens is 2. The number of halogens is 5. The monoisotopic (exact) mass is 496 g/mol. The number of carbonyl (C=O) groups excluding carboxylic acids is 1. The first-order chi connectivity index (χ1) is 13.6. The fourth-order valence-electron chi connectivity index (χ4n) is 2.32. The maximum Gasteiger partial charge on any atom is 0.431 e. The lowest BCUT2D eigenvalue weighted by Gasteiger charge is -2.20. The Balaban J connectivity index is 2.71. The predicted molar refractivity (Wildman–Crippen MR) is 97.1 cm³/mol. The first-order valence-corrected chi connectivity index (χ1v) is 8.73. The molecular formula is C17H13BrF4N2O6. The molecule has 1 heterocycles. The largest absolute Gasteiger partial charge is 0.478 e. The van der Waals surface area contributed by atoms with E-state index in [1.165, 1.54) is 0 Å². The topological polar surface area (TPSA) is 108 Å². The van der Waals surface area contributed by atoms with Crippen molar-refractivity contribution in [2.75, 3.05) is 0 Å². The normalized spacial score (nSPS) is 12.0. The van der Waals surface area contributed by atoms with Crippen LogP contribution in [0.2, 0.25) is 0 Å². The number of carbonyl (C=O) groups is 2. The molecule has 0 spiro atoms. The standard InChI is InChI=1S/C17H13BrF4N2O6/c1-16(2,14(27)28)30-13(26)7-4-10(9(19)5-8(7)18)24-12(25)6-11(17(20,21)22)23(3)15(24)29/h4-6H,1-3H3,(H,27,28). The quantitative estimate of drug-likeness (QED) is 0.514. The van der Waals surface area contributed by atoms with Gasteiger partial charge in [0.25, 0.3) is 5.56 Å². The average Bonchev–Trinajstić information content (AvgIpc) is 2.58. The third-order valence-electron chi connectivity index (χ3n) is 3.97. The van der Waals surface area contributed by atoms with Gasteiger partial charge in [-0.05, 0) is 41.9 Å². The molecule has 0 unspecified atom stereocenters. The van der Waals surface area contributed by atoms with E-state index in [-0.39, 0.29) is 19.7 Å². The van der Waals surface area contributed by atoms with Gasteiger partial charge in [-0.3, -0.25) is 9.36 Å². The first-order valence-electron chi connectivity index (χ1n) is 7.94. The summed E-state index contributed by atoms with van der Waals surface area (Å²) in [6, 6.07) is 1.48. The van der Waals surface area contributed by atoms with Gasteiger partial charge in [0.1, 0.15) is 11.5 Å². The number of esters is 1. The molecule has 2 rings (SSSR count). The summed E-state index contributed by atoms with van der Waals surface area (Å²) in [6.45, 7) is 2.14. The van der Waals surface area contributed by atoms with Crippen LogP contribution in [0.3, 0.4) is 0 Å². The van der Waals surface area contributed by atoms with Crippen molar-refractivity contribution in [3.05, 3.63) is 60.6 Å². The number of rotatable bonds is 4. The average molecular weight is 497 g/mol. The van der Waals surface area contributed by atoms with Gasteiger partial charge < -0.3 is 9.84 Å². The van der Waals surface area contributed by atoms with E-state index in [9.17, 15) is 36.7 Å².